The predicted molar refractivity (Wildman–Crippen MR) is 77.6 cm³/mol. The molecule has 0 saturated carbocycles. The predicted octanol–water partition coefficient (Wildman–Crippen LogP) is 4.23. The summed E-state index contributed by atoms with van der Waals surface area (Å²) >= 11 is 5.89. The van der Waals surface area contributed by atoms with Crippen molar-refractivity contribution in [3.05, 3.63) is 77.3 Å². The topological polar surface area (TPSA) is 20.3 Å². The lowest BCUT2D eigenvalue weighted by molar-refractivity contribution is 0.0994. The van der Waals surface area contributed by atoms with Crippen LogP contribution < -0.4 is 4.90 Å². The van der Waals surface area contributed by atoms with Crippen LogP contribution in [0.25, 0.3) is 0 Å². The first-order chi connectivity index (χ1) is 9.22. The average Bonchev–Trinajstić information content (AvgIpc) is 2.73. The van der Waals surface area contributed by atoms with Crippen LogP contribution in [0.3, 0.4) is 0 Å². The van der Waals surface area contributed by atoms with Crippen molar-refractivity contribution in [2.45, 2.75) is 6.04 Å². The van der Waals surface area contributed by atoms with Crippen LogP contribution in [0.1, 0.15) is 22.0 Å². The molecule has 1 unspecified atom stereocenters. The number of halogens is 1. The van der Waals surface area contributed by atoms with Crippen molar-refractivity contribution >= 4 is 23.2 Å². The lowest BCUT2D eigenvalue weighted by atomic mass is 10.1. The molecular formula is C16H12ClNO. The normalized spacial score (nSPS) is 17.4. The van der Waals surface area contributed by atoms with Crippen molar-refractivity contribution in [2.75, 3.05) is 4.90 Å². The molecule has 3 rings (SSSR count). The molecule has 94 valence electrons. The summed E-state index contributed by atoms with van der Waals surface area (Å²) in [5.41, 5.74) is 2.57. The molecule has 0 radical (unpaired) electrons. The Kier molecular flexibility index (Phi) is 2.88. The second-order valence-corrected chi connectivity index (χ2v) is 4.86. The Hall–Kier alpha value is -2.06. The Bertz CT molecular complexity index is 648. The average molecular weight is 270 g/mol. The van der Waals surface area contributed by atoms with E-state index in [4.69, 9.17) is 11.6 Å². The molecular weight excluding hydrogens is 258 g/mol. The monoisotopic (exact) mass is 269 g/mol. The Labute approximate surface area is 116 Å². The first kappa shape index (κ1) is 12.0. The van der Waals surface area contributed by atoms with Crippen molar-refractivity contribution in [1.82, 2.24) is 0 Å². The van der Waals surface area contributed by atoms with Gasteiger partial charge in [-0.3, -0.25) is 9.69 Å². The highest BCUT2D eigenvalue weighted by molar-refractivity contribution is 6.30. The van der Waals surface area contributed by atoms with E-state index < -0.39 is 0 Å². The minimum atomic E-state index is -0.120. The fourth-order valence-corrected chi connectivity index (χ4v) is 2.58. The smallest absolute Gasteiger partial charge is 0.259 e. The van der Waals surface area contributed by atoms with Crippen LogP contribution in [0.2, 0.25) is 5.02 Å². The third kappa shape index (κ3) is 1.85. The molecule has 1 amide bonds. The van der Waals surface area contributed by atoms with E-state index in [2.05, 4.69) is 6.58 Å². The minimum absolute atomic E-state index is 0.00261. The summed E-state index contributed by atoms with van der Waals surface area (Å²) in [6, 6.07) is 14.8. The van der Waals surface area contributed by atoms with Gasteiger partial charge in [-0.05, 0) is 35.9 Å². The van der Waals surface area contributed by atoms with Gasteiger partial charge in [0.25, 0.3) is 5.91 Å². The highest BCUT2D eigenvalue weighted by Crippen LogP contribution is 2.38. The summed E-state index contributed by atoms with van der Waals surface area (Å²) in [7, 11) is 0. The number of carbonyl (C=O) groups excluding carboxylic acids is 1. The number of benzene rings is 2. The van der Waals surface area contributed by atoms with Crippen molar-refractivity contribution in [2.24, 2.45) is 0 Å². The van der Waals surface area contributed by atoms with E-state index in [-0.39, 0.29) is 11.9 Å². The summed E-state index contributed by atoms with van der Waals surface area (Å²) < 4.78 is 0. The molecule has 3 heteroatoms. The van der Waals surface area contributed by atoms with E-state index in [0.29, 0.717) is 5.02 Å². The zero-order chi connectivity index (χ0) is 13.4. The fraction of sp³-hybridized carbons (Fsp3) is 0.0625. The molecule has 0 N–H and O–H groups in total. The van der Waals surface area contributed by atoms with Crippen molar-refractivity contribution in [1.29, 1.82) is 0 Å². The third-order valence-electron chi connectivity index (χ3n) is 3.33. The highest BCUT2D eigenvalue weighted by Gasteiger charge is 2.35. The van der Waals surface area contributed by atoms with E-state index >= 15 is 0 Å². The molecule has 1 aliphatic heterocycles. The molecule has 2 nitrogen and oxygen atoms in total. The maximum Gasteiger partial charge on any atom is 0.259 e. The number of amides is 1. The lowest BCUT2D eigenvalue weighted by Crippen LogP contribution is -2.26. The van der Waals surface area contributed by atoms with Gasteiger partial charge >= 0.3 is 0 Å². The number of anilines is 1. The van der Waals surface area contributed by atoms with Gasteiger partial charge in [-0.15, -0.1) is 6.58 Å². The van der Waals surface area contributed by atoms with Gasteiger partial charge in [0.2, 0.25) is 0 Å². The Morgan fingerprint density at radius 1 is 1.11 bits per heavy atom. The van der Waals surface area contributed by atoms with Crippen LogP contribution in [0.15, 0.2) is 61.2 Å². The molecule has 2 aromatic carbocycles. The van der Waals surface area contributed by atoms with E-state index in [1.54, 1.807) is 23.1 Å². The molecule has 0 fully saturated rings. The first-order valence-corrected chi connectivity index (χ1v) is 6.41. The van der Waals surface area contributed by atoms with Crippen LogP contribution in [0.5, 0.6) is 0 Å². The number of rotatable bonds is 2. The zero-order valence-electron chi connectivity index (χ0n) is 10.2. The quantitative estimate of drug-likeness (QED) is 0.747. The summed E-state index contributed by atoms with van der Waals surface area (Å²) in [5.74, 6) is 0.00261. The molecule has 1 heterocycles. The lowest BCUT2D eigenvalue weighted by Gasteiger charge is -2.22. The SMILES string of the molecule is C=CC1c2ccccc2C(=O)N1c1ccc(Cl)cc1. The highest BCUT2D eigenvalue weighted by atomic mass is 35.5. The largest absolute Gasteiger partial charge is 0.297 e. The summed E-state index contributed by atoms with van der Waals surface area (Å²) in [6.45, 7) is 3.85. The van der Waals surface area contributed by atoms with Crippen LogP contribution in [-0.4, -0.2) is 5.91 Å². The molecule has 2 aromatic rings. The van der Waals surface area contributed by atoms with Gasteiger partial charge < -0.3 is 0 Å². The minimum Gasteiger partial charge on any atom is -0.297 e. The maximum absolute atomic E-state index is 12.5. The first-order valence-electron chi connectivity index (χ1n) is 6.03. The number of hydrogen-bond donors (Lipinski definition) is 0. The van der Waals surface area contributed by atoms with Gasteiger partial charge in [0, 0.05) is 16.3 Å². The standard InChI is InChI=1S/C16H12ClNO/c1-2-15-13-5-3-4-6-14(13)16(19)18(15)12-9-7-11(17)8-10-12/h2-10,15H,1H2. The van der Waals surface area contributed by atoms with Gasteiger partial charge in [-0.1, -0.05) is 35.9 Å². The second kappa shape index (κ2) is 4.56. The molecule has 0 aromatic heterocycles. The Morgan fingerprint density at radius 3 is 2.47 bits per heavy atom. The van der Waals surface area contributed by atoms with Gasteiger partial charge in [0.15, 0.2) is 0 Å². The summed E-state index contributed by atoms with van der Waals surface area (Å²) in [4.78, 5) is 14.2. The number of hydrogen-bond acceptors (Lipinski definition) is 1. The van der Waals surface area contributed by atoms with Crippen LogP contribution >= 0.6 is 11.6 Å². The van der Waals surface area contributed by atoms with Gasteiger partial charge in [0.1, 0.15) is 0 Å². The van der Waals surface area contributed by atoms with E-state index in [9.17, 15) is 4.79 Å². The van der Waals surface area contributed by atoms with Crippen molar-refractivity contribution < 1.29 is 4.79 Å². The second-order valence-electron chi connectivity index (χ2n) is 4.42. The van der Waals surface area contributed by atoms with Gasteiger partial charge in [-0.25, -0.2) is 0 Å². The van der Waals surface area contributed by atoms with Crippen molar-refractivity contribution in [3.63, 3.8) is 0 Å². The molecule has 1 aliphatic rings. The van der Waals surface area contributed by atoms with Crippen LogP contribution in [0, 0.1) is 0 Å². The zero-order valence-corrected chi connectivity index (χ0v) is 11.0. The molecule has 0 spiro atoms. The molecule has 19 heavy (non-hydrogen) atoms. The van der Waals surface area contributed by atoms with Crippen LogP contribution in [-0.2, 0) is 0 Å². The number of nitrogens with zero attached hydrogens (tertiary/aromatic N) is 1. The molecule has 1 atom stereocenters. The van der Waals surface area contributed by atoms with E-state index in [1.165, 1.54) is 0 Å². The summed E-state index contributed by atoms with van der Waals surface area (Å²) in [5, 5.41) is 0.656. The van der Waals surface area contributed by atoms with E-state index in [0.717, 1.165) is 16.8 Å². The van der Waals surface area contributed by atoms with Gasteiger partial charge in [-0.2, -0.15) is 0 Å². The van der Waals surface area contributed by atoms with E-state index in [1.807, 2.05) is 36.4 Å². The maximum atomic E-state index is 12.5. The van der Waals surface area contributed by atoms with Gasteiger partial charge in [0.05, 0.1) is 6.04 Å². The van der Waals surface area contributed by atoms with Crippen LogP contribution in [0.4, 0.5) is 5.69 Å². The number of carbonyl (C=O) groups is 1. The summed E-state index contributed by atoms with van der Waals surface area (Å²) in [6.07, 6.45) is 1.79. The Balaban J connectivity index is 2.11. The third-order valence-corrected chi connectivity index (χ3v) is 3.59. The Morgan fingerprint density at radius 2 is 1.79 bits per heavy atom. The number of fused-ring (bicyclic) bond motifs is 1. The fourth-order valence-electron chi connectivity index (χ4n) is 2.46. The molecule has 0 bridgehead atoms. The molecule has 0 aliphatic carbocycles. The van der Waals surface area contributed by atoms with Crippen molar-refractivity contribution in [3.8, 4) is 0 Å². The molecule has 0 saturated heterocycles.